The number of nitrogens with zero attached hydrogens (tertiary/aromatic N) is 3. The maximum absolute atomic E-state index is 12.8. The molecule has 8 heteroatoms. The third kappa shape index (κ3) is 3.64. The van der Waals surface area contributed by atoms with E-state index >= 15 is 0 Å². The van der Waals surface area contributed by atoms with Crippen LogP contribution in [0.5, 0.6) is 5.75 Å². The lowest BCUT2D eigenvalue weighted by Crippen LogP contribution is -2.48. The Hall–Kier alpha value is -2.61. The SMILES string of the molecule is COc1ccc(CN2C[C@H]3C[C@@H]2CN3C(=O)c2ccc(C(F)(F)F)nc2)c(C)c1C. The van der Waals surface area contributed by atoms with Crippen molar-refractivity contribution in [3.63, 3.8) is 0 Å². The number of halogens is 3. The molecule has 3 heterocycles. The molecule has 0 saturated carbocycles. The lowest BCUT2D eigenvalue weighted by atomic mass is 10.0. The molecule has 0 radical (unpaired) electrons. The molecule has 1 aromatic heterocycles. The molecule has 2 bridgehead atoms. The first kappa shape index (κ1) is 20.7. The molecule has 1 amide bonds. The number of amides is 1. The zero-order chi connectivity index (χ0) is 21.6. The largest absolute Gasteiger partial charge is 0.496 e. The number of alkyl halides is 3. The summed E-state index contributed by atoms with van der Waals surface area (Å²) < 4.78 is 43.5. The van der Waals surface area contributed by atoms with Crippen LogP contribution in [-0.2, 0) is 12.7 Å². The highest BCUT2D eigenvalue weighted by molar-refractivity contribution is 5.94. The van der Waals surface area contributed by atoms with Gasteiger partial charge in [0.25, 0.3) is 5.91 Å². The summed E-state index contributed by atoms with van der Waals surface area (Å²) in [6.07, 6.45) is -2.60. The van der Waals surface area contributed by atoms with E-state index in [4.69, 9.17) is 4.74 Å². The van der Waals surface area contributed by atoms with E-state index in [1.54, 1.807) is 12.0 Å². The van der Waals surface area contributed by atoms with Crippen molar-refractivity contribution in [1.82, 2.24) is 14.8 Å². The van der Waals surface area contributed by atoms with E-state index in [1.165, 1.54) is 17.2 Å². The number of ether oxygens (including phenoxy) is 1. The van der Waals surface area contributed by atoms with Crippen LogP contribution in [0.25, 0.3) is 0 Å². The molecular formula is C22H24F3N3O2. The minimum absolute atomic E-state index is 0.0736. The zero-order valence-electron chi connectivity index (χ0n) is 17.2. The highest BCUT2D eigenvalue weighted by atomic mass is 19.4. The Morgan fingerprint density at radius 3 is 2.47 bits per heavy atom. The average molecular weight is 419 g/mol. The van der Waals surface area contributed by atoms with E-state index < -0.39 is 11.9 Å². The summed E-state index contributed by atoms with van der Waals surface area (Å²) in [6.45, 7) is 6.29. The monoisotopic (exact) mass is 419 g/mol. The molecular weight excluding hydrogens is 395 g/mol. The second kappa shape index (κ2) is 7.58. The van der Waals surface area contributed by atoms with Gasteiger partial charge in [-0.1, -0.05) is 6.07 Å². The van der Waals surface area contributed by atoms with Gasteiger partial charge in [-0.05, 0) is 55.2 Å². The molecule has 0 unspecified atom stereocenters. The van der Waals surface area contributed by atoms with Crippen molar-refractivity contribution in [3.8, 4) is 5.75 Å². The number of hydrogen-bond donors (Lipinski definition) is 0. The molecule has 0 spiro atoms. The summed E-state index contributed by atoms with van der Waals surface area (Å²) in [4.78, 5) is 20.4. The summed E-state index contributed by atoms with van der Waals surface area (Å²) in [5, 5.41) is 0. The third-order valence-electron chi connectivity index (χ3n) is 6.36. The first-order valence-electron chi connectivity index (χ1n) is 9.90. The zero-order valence-corrected chi connectivity index (χ0v) is 17.2. The summed E-state index contributed by atoms with van der Waals surface area (Å²) in [7, 11) is 1.67. The van der Waals surface area contributed by atoms with Gasteiger partial charge in [-0.25, -0.2) is 0 Å². The van der Waals surface area contributed by atoms with Crippen LogP contribution < -0.4 is 4.74 Å². The van der Waals surface area contributed by atoms with Crippen LogP contribution in [0.1, 0.15) is 39.2 Å². The van der Waals surface area contributed by atoms with Gasteiger partial charge in [0.15, 0.2) is 0 Å². The molecule has 2 atom stereocenters. The number of aromatic nitrogens is 1. The second-order valence-corrected chi connectivity index (χ2v) is 8.04. The first-order valence-corrected chi connectivity index (χ1v) is 9.90. The van der Waals surface area contributed by atoms with Gasteiger partial charge in [0.1, 0.15) is 11.4 Å². The van der Waals surface area contributed by atoms with Gasteiger partial charge in [-0.15, -0.1) is 0 Å². The Morgan fingerprint density at radius 1 is 1.13 bits per heavy atom. The number of fused-ring (bicyclic) bond motifs is 2. The van der Waals surface area contributed by atoms with Crippen LogP contribution in [0.15, 0.2) is 30.5 Å². The number of benzene rings is 1. The number of pyridine rings is 1. The number of methoxy groups -OCH3 is 1. The Labute approximate surface area is 173 Å². The predicted molar refractivity (Wildman–Crippen MR) is 105 cm³/mol. The number of piperazine rings is 1. The lowest BCUT2D eigenvalue weighted by Gasteiger charge is -2.34. The number of hydrogen-bond acceptors (Lipinski definition) is 4. The molecule has 0 aliphatic carbocycles. The van der Waals surface area contributed by atoms with Crippen LogP contribution in [-0.4, -0.2) is 53.0 Å². The first-order chi connectivity index (χ1) is 14.2. The van der Waals surface area contributed by atoms with Crippen LogP contribution in [0, 0.1) is 13.8 Å². The Kier molecular flexibility index (Phi) is 5.22. The highest BCUT2D eigenvalue weighted by Gasteiger charge is 2.45. The lowest BCUT2D eigenvalue weighted by molar-refractivity contribution is -0.141. The standard InChI is InChI=1S/C22H24F3N3O2/c1-13-14(2)19(30-3)6-4-16(13)10-27-11-18-8-17(27)12-28(18)21(29)15-5-7-20(26-9-15)22(23,24)25/h4-7,9,17-18H,8,10-12H2,1-3H3/t17-,18-/m1/s1. The fourth-order valence-electron chi connectivity index (χ4n) is 4.51. The van der Waals surface area contributed by atoms with Gasteiger partial charge < -0.3 is 9.64 Å². The molecule has 4 rings (SSSR count). The van der Waals surface area contributed by atoms with Crippen molar-refractivity contribution in [2.24, 2.45) is 0 Å². The van der Waals surface area contributed by atoms with Crippen molar-refractivity contribution >= 4 is 5.91 Å². The number of carbonyl (C=O) groups excluding carboxylic acids is 1. The maximum atomic E-state index is 12.8. The summed E-state index contributed by atoms with van der Waals surface area (Å²) in [5.74, 6) is 0.626. The van der Waals surface area contributed by atoms with E-state index in [2.05, 4.69) is 22.9 Å². The van der Waals surface area contributed by atoms with Gasteiger partial charge in [0.05, 0.1) is 12.7 Å². The quantitative estimate of drug-likeness (QED) is 0.756. The minimum Gasteiger partial charge on any atom is -0.496 e. The molecule has 2 saturated heterocycles. The maximum Gasteiger partial charge on any atom is 0.433 e. The third-order valence-corrected chi connectivity index (χ3v) is 6.36. The molecule has 0 N–H and O–H groups in total. The van der Waals surface area contributed by atoms with Crippen LogP contribution in [0.4, 0.5) is 13.2 Å². The topological polar surface area (TPSA) is 45.7 Å². The van der Waals surface area contributed by atoms with Gasteiger partial charge in [0, 0.05) is 37.9 Å². The Bertz CT molecular complexity index is 959. The van der Waals surface area contributed by atoms with Crippen LogP contribution in [0.3, 0.4) is 0 Å². The summed E-state index contributed by atoms with van der Waals surface area (Å²) in [5.41, 5.74) is 2.79. The molecule has 2 aliphatic heterocycles. The Morgan fingerprint density at radius 2 is 1.90 bits per heavy atom. The molecule has 160 valence electrons. The van der Waals surface area contributed by atoms with Crippen molar-refractivity contribution < 1.29 is 22.7 Å². The highest BCUT2D eigenvalue weighted by Crippen LogP contribution is 2.34. The number of likely N-dealkylation sites (tertiary alicyclic amines) is 2. The average Bonchev–Trinajstić information content (AvgIpc) is 3.31. The molecule has 2 aromatic rings. The normalized spacial score (nSPS) is 21.3. The molecule has 1 aromatic carbocycles. The predicted octanol–water partition coefficient (Wildman–Crippen LogP) is 3.82. The van der Waals surface area contributed by atoms with E-state index in [1.807, 2.05) is 13.0 Å². The Balaban J connectivity index is 1.42. The van der Waals surface area contributed by atoms with Gasteiger partial charge in [0.2, 0.25) is 0 Å². The van der Waals surface area contributed by atoms with E-state index in [-0.39, 0.29) is 23.6 Å². The van der Waals surface area contributed by atoms with Crippen molar-refractivity contribution in [2.75, 3.05) is 20.2 Å². The fourth-order valence-corrected chi connectivity index (χ4v) is 4.51. The van der Waals surface area contributed by atoms with Gasteiger partial charge in [-0.2, -0.15) is 13.2 Å². The van der Waals surface area contributed by atoms with E-state index in [0.717, 1.165) is 43.1 Å². The van der Waals surface area contributed by atoms with Crippen LogP contribution >= 0.6 is 0 Å². The van der Waals surface area contributed by atoms with Gasteiger partial charge in [-0.3, -0.25) is 14.7 Å². The number of rotatable bonds is 4. The van der Waals surface area contributed by atoms with Gasteiger partial charge >= 0.3 is 6.18 Å². The molecule has 5 nitrogen and oxygen atoms in total. The fraction of sp³-hybridized carbons (Fsp3) is 0.455. The minimum atomic E-state index is -4.51. The smallest absolute Gasteiger partial charge is 0.433 e. The summed E-state index contributed by atoms with van der Waals surface area (Å²) in [6, 6.07) is 6.48. The van der Waals surface area contributed by atoms with E-state index in [0.29, 0.717) is 6.54 Å². The van der Waals surface area contributed by atoms with Crippen molar-refractivity contribution in [1.29, 1.82) is 0 Å². The van der Waals surface area contributed by atoms with E-state index in [9.17, 15) is 18.0 Å². The van der Waals surface area contributed by atoms with Crippen molar-refractivity contribution in [3.05, 3.63) is 58.4 Å². The molecule has 2 aliphatic rings. The summed E-state index contributed by atoms with van der Waals surface area (Å²) >= 11 is 0. The van der Waals surface area contributed by atoms with Crippen LogP contribution in [0.2, 0.25) is 0 Å². The number of carbonyl (C=O) groups is 1. The van der Waals surface area contributed by atoms with Crippen molar-refractivity contribution in [2.45, 2.75) is 45.1 Å². The molecule has 2 fully saturated rings. The second-order valence-electron chi connectivity index (χ2n) is 8.04. The molecule has 30 heavy (non-hydrogen) atoms.